The number of ether oxygens (including phenoxy) is 2. The molecule has 0 aliphatic heterocycles. The number of aliphatic carboxylic acids is 2. The summed E-state index contributed by atoms with van der Waals surface area (Å²) in [4.78, 5) is 34.7. The number of hydrogen-bond donors (Lipinski definition) is 6. The first kappa shape index (κ1) is 33.7. The fourth-order valence-corrected chi connectivity index (χ4v) is 4.24. The molecule has 4 rings (SSSR count). The largest absolute Gasteiger partial charge is 0.493 e. The van der Waals surface area contributed by atoms with Crippen molar-refractivity contribution in [2.75, 3.05) is 12.4 Å². The van der Waals surface area contributed by atoms with Gasteiger partial charge in [0.1, 0.15) is 24.5 Å². The quantitative estimate of drug-likeness (QED) is 0.0927. The van der Waals surface area contributed by atoms with E-state index >= 15 is 0 Å². The monoisotopic (exact) mass is 612 g/mol. The predicted octanol–water partition coefficient (Wildman–Crippen LogP) is 4.61. The molecule has 45 heavy (non-hydrogen) atoms. The van der Waals surface area contributed by atoms with Gasteiger partial charge in [0.2, 0.25) is 5.91 Å². The Labute approximate surface area is 261 Å². The highest BCUT2D eigenvalue weighted by molar-refractivity contribution is 5.95. The lowest BCUT2D eigenvalue weighted by atomic mass is 10.0. The maximum Gasteiger partial charge on any atom is 0.326 e. The molecule has 0 aromatic heterocycles. The Balaban J connectivity index is 0.00000130. The molecule has 0 fully saturated rings. The Morgan fingerprint density at radius 3 is 1.96 bits per heavy atom. The molecule has 4 aromatic carbocycles. The number of carboxylic acid groups (broad SMARTS) is 2. The second-order valence-electron chi connectivity index (χ2n) is 9.86. The number of amides is 1. The zero-order valence-electron chi connectivity index (χ0n) is 24.9. The molecule has 0 radical (unpaired) electrons. The summed E-state index contributed by atoms with van der Waals surface area (Å²) in [5.41, 5.74) is 8.99. The third kappa shape index (κ3) is 10.7. The predicted molar refractivity (Wildman–Crippen MR) is 171 cm³/mol. The van der Waals surface area contributed by atoms with Crippen LogP contribution in [0.1, 0.15) is 35.2 Å². The van der Waals surface area contributed by atoms with Crippen molar-refractivity contribution >= 4 is 29.4 Å². The molecular weight excluding hydrogens is 576 g/mol. The molecule has 2 atom stereocenters. The van der Waals surface area contributed by atoms with E-state index in [0.717, 1.165) is 18.1 Å². The summed E-state index contributed by atoms with van der Waals surface area (Å²) in [6.07, 6.45) is 0.123. The first-order valence-corrected chi connectivity index (χ1v) is 13.9. The highest BCUT2D eigenvalue weighted by Crippen LogP contribution is 2.32. The van der Waals surface area contributed by atoms with Gasteiger partial charge in [-0.3, -0.25) is 15.0 Å². The third-order valence-corrected chi connectivity index (χ3v) is 6.42. The van der Waals surface area contributed by atoms with Gasteiger partial charge in [0.05, 0.1) is 7.11 Å². The number of anilines is 1. The van der Waals surface area contributed by atoms with Crippen LogP contribution < -0.4 is 25.8 Å². The van der Waals surface area contributed by atoms with Crippen LogP contribution in [-0.4, -0.2) is 47.0 Å². The number of hydrogen-bond acceptors (Lipinski definition) is 7. The van der Waals surface area contributed by atoms with Crippen LogP contribution >= 0.6 is 0 Å². The Morgan fingerprint density at radius 2 is 1.42 bits per heavy atom. The van der Waals surface area contributed by atoms with Gasteiger partial charge in [0, 0.05) is 24.6 Å². The van der Waals surface area contributed by atoms with Crippen molar-refractivity contribution in [1.82, 2.24) is 5.32 Å². The van der Waals surface area contributed by atoms with E-state index in [2.05, 4.69) is 10.6 Å². The second kappa shape index (κ2) is 16.7. The summed E-state index contributed by atoms with van der Waals surface area (Å²) in [5, 5.41) is 30.8. The van der Waals surface area contributed by atoms with E-state index < -0.39 is 29.9 Å². The Kier molecular flexibility index (Phi) is 12.5. The van der Waals surface area contributed by atoms with Crippen molar-refractivity contribution < 1.29 is 34.1 Å². The zero-order valence-corrected chi connectivity index (χ0v) is 24.9. The van der Waals surface area contributed by atoms with E-state index in [9.17, 15) is 14.7 Å². The van der Waals surface area contributed by atoms with Gasteiger partial charge in [-0.25, -0.2) is 4.79 Å². The maximum atomic E-state index is 13.7. The first-order valence-electron chi connectivity index (χ1n) is 13.9. The summed E-state index contributed by atoms with van der Waals surface area (Å²) >= 11 is 0. The molecule has 0 spiro atoms. The van der Waals surface area contributed by atoms with Crippen LogP contribution in [0.3, 0.4) is 0 Å². The zero-order chi connectivity index (χ0) is 32.8. The van der Waals surface area contributed by atoms with Crippen LogP contribution in [0.15, 0.2) is 103 Å². The highest BCUT2D eigenvalue weighted by atomic mass is 16.5. The minimum atomic E-state index is -1.15. The summed E-state index contributed by atoms with van der Waals surface area (Å²) in [5.74, 6) is -1.67. The van der Waals surface area contributed by atoms with E-state index in [1.165, 1.54) is 7.11 Å². The van der Waals surface area contributed by atoms with Gasteiger partial charge in [-0.05, 0) is 53.1 Å². The summed E-state index contributed by atoms with van der Waals surface area (Å²) in [7, 11) is 1.51. The number of carboxylic acids is 2. The second-order valence-corrected chi connectivity index (χ2v) is 9.86. The normalized spacial score (nSPS) is 11.5. The number of methoxy groups -OCH3 is 1. The fraction of sp³-hybridized carbons (Fsp3) is 0.176. The Morgan fingerprint density at radius 1 is 0.844 bits per heavy atom. The van der Waals surface area contributed by atoms with Crippen LogP contribution in [0, 0.1) is 5.41 Å². The average Bonchev–Trinajstić information content (AvgIpc) is 3.03. The lowest BCUT2D eigenvalue weighted by Gasteiger charge is -2.24. The van der Waals surface area contributed by atoms with Crippen LogP contribution in [0.5, 0.6) is 11.5 Å². The van der Waals surface area contributed by atoms with Crippen LogP contribution in [0.25, 0.3) is 0 Å². The molecule has 0 unspecified atom stereocenters. The molecule has 0 saturated heterocycles. The SMILES string of the molecule is CC(=O)O.COc1cc([C@H](Nc2ccc(C(=N)N)cc2)C(=O)N[C@@H](Cc2ccccc2)C(=O)O)ccc1OCc1ccccc1. The van der Waals surface area contributed by atoms with Gasteiger partial charge in [-0.15, -0.1) is 0 Å². The maximum absolute atomic E-state index is 13.7. The highest BCUT2D eigenvalue weighted by Gasteiger charge is 2.28. The summed E-state index contributed by atoms with van der Waals surface area (Å²) in [6.45, 7) is 1.42. The third-order valence-electron chi connectivity index (χ3n) is 6.42. The van der Waals surface area contributed by atoms with Crippen molar-refractivity contribution in [3.05, 3.63) is 125 Å². The van der Waals surface area contributed by atoms with Crippen molar-refractivity contribution in [1.29, 1.82) is 5.41 Å². The molecule has 0 aliphatic rings. The molecule has 7 N–H and O–H groups in total. The van der Waals surface area contributed by atoms with E-state index in [4.69, 9.17) is 30.5 Å². The van der Waals surface area contributed by atoms with E-state index in [1.807, 2.05) is 60.7 Å². The molecule has 0 aliphatic carbocycles. The first-order chi connectivity index (χ1) is 21.6. The Hall–Kier alpha value is -5.84. The van der Waals surface area contributed by atoms with Gasteiger partial charge in [-0.2, -0.15) is 0 Å². The summed E-state index contributed by atoms with van der Waals surface area (Å²) in [6, 6.07) is 28.5. The number of benzene rings is 4. The molecule has 11 nitrogen and oxygen atoms in total. The van der Waals surface area contributed by atoms with Gasteiger partial charge in [0.25, 0.3) is 5.97 Å². The van der Waals surface area contributed by atoms with Crippen LogP contribution in [0.2, 0.25) is 0 Å². The van der Waals surface area contributed by atoms with E-state index in [1.54, 1.807) is 42.5 Å². The number of nitrogens with one attached hydrogen (secondary N) is 3. The molecule has 234 valence electrons. The smallest absolute Gasteiger partial charge is 0.326 e. The molecule has 0 bridgehead atoms. The standard InChI is InChI=1S/C32H32N4O5.C2H4O2/c1-40-28-19-24(14-17-27(28)41-20-22-10-6-3-7-11-22)29(35-25-15-12-23(13-16-25)30(33)34)31(37)36-26(32(38)39)18-21-8-4-2-5-9-21;1-2(3)4/h2-17,19,26,29,35H,18,20H2,1H3,(H3,33,34)(H,36,37)(H,38,39);1H3,(H,3,4)/t26-,29-;/m0./s1. The minimum Gasteiger partial charge on any atom is -0.493 e. The number of carbonyl (C=O) groups is 3. The van der Waals surface area contributed by atoms with Crippen LogP contribution in [0.4, 0.5) is 5.69 Å². The van der Waals surface area contributed by atoms with Crippen molar-refractivity contribution in [3.8, 4) is 11.5 Å². The van der Waals surface area contributed by atoms with Gasteiger partial charge >= 0.3 is 5.97 Å². The lowest BCUT2D eigenvalue weighted by molar-refractivity contribution is -0.142. The number of carbonyl (C=O) groups excluding carboxylic acids is 1. The lowest BCUT2D eigenvalue weighted by Crippen LogP contribution is -2.45. The number of amidine groups is 1. The van der Waals surface area contributed by atoms with Crippen molar-refractivity contribution in [2.45, 2.75) is 32.0 Å². The van der Waals surface area contributed by atoms with Crippen molar-refractivity contribution in [3.63, 3.8) is 0 Å². The van der Waals surface area contributed by atoms with Gasteiger partial charge in [0.15, 0.2) is 11.5 Å². The van der Waals surface area contributed by atoms with Gasteiger partial charge in [-0.1, -0.05) is 66.7 Å². The Bertz CT molecular complexity index is 1580. The van der Waals surface area contributed by atoms with Gasteiger partial charge < -0.3 is 36.1 Å². The molecule has 11 heteroatoms. The van der Waals surface area contributed by atoms with Crippen molar-refractivity contribution in [2.24, 2.45) is 5.73 Å². The number of nitrogen functional groups attached to an aromatic ring is 1. The fourth-order valence-electron chi connectivity index (χ4n) is 4.24. The topological polar surface area (TPSA) is 184 Å². The van der Waals surface area contributed by atoms with E-state index in [-0.39, 0.29) is 12.3 Å². The number of rotatable bonds is 13. The molecule has 0 saturated carbocycles. The number of nitrogens with two attached hydrogens (primary N) is 1. The minimum absolute atomic E-state index is 0.0770. The van der Waals surface area contributed by atoms with E-state index in [0.29, 0.717) is 34.9 Å². The summed E-state index contributed by atoms with van der Waals surface area (Å²) < 4.78 is 11.5. The van der Waals surface area contributed by atoms with Crippen LogP contribution in [-0.2, 0) is 27.4 Å². The molecule has 0 heterocycles. The average molecular weight is 613 g/mol. The molecule has 4 aromatic rings. The molecule has 1 amide bonds. The molecular formula is C34H36N4O7.